The van der Waals surface area contributed by atoms with Crippen molar-refractivity contribution in [2.24, 2.45) is 0 Å². The molecule has 1 aromatic heterocycles. The van der Waals surface area contributed by atoms with E-state index in [1.165, 1.54) is 6.07 Å². The van der Waals surface area contributed by atoms with Gasteiger partial charge in [-0.15, -0.1) is 0 Å². The highest BCUT2D eigenvalue weighted by Gasteiger charge is 2.20. The zero-order valence-electron chi connectivity index (χ0n) is 12.0. The van der Waals surface area contributed by atoms with E-state index >= 15 is 0 Å². The van der Waals surface area contributed by atoms with E-state index in [0.29, 0.717) is 11.3 Å². The summed E-state index contributed by atoms with van der Waals surface area (Å²) >= 11 is 5.94. The van der Waals surface area contributed by atoms with Gasteiger partial charge in [-0.3, -0.25) is 9.59 Å². The van der Waals surface area contributed by atoms with Crippen LogP contribution in [0.2, 0.25) is 5.15 Å². The van der Waals surface area contributed by atoms with E-state index in [-0.39, 0.29) is 22.9 Å². The normalized spacial score (nSPS) is 12.8. The molecular weight excluding hydrogens is 280 g/mol. The number of carboxylic acid groups (broad SMARTS) is 1. The van der Waals surface area contributed by atoms with Gasteiger partial charge in [0.25, 0.3) is 5.91 Å². The first-order valence-corrected chi connectivity index (χ1v) is 6.68. The van der Waals surface area contributed by atoms with Crippen LogP contribution < -0.4 is 5.32 Å². The minimum atomic E-state index is -0.957. The van der Waals surface area contributed by atoms with E-state index < -0.39 is 12.0 Å². The maximum absolute atomic E-state index is 12.1. The Labute approximate surface area is 123 Å². The van der Waals surface area contributed by atoms with Crippen LogP contribution in [-0.2, 0) is 10.2 Å². The van der Waals surface area contributed by atoms with Crippen LogP contribution in [0, 0.1) is 0 Å². The third kappa shape index (κ3) is 4.81. The van der Waals surface area contributed by atoms with Gasteiger partial charge < -0.3 is 10.4 Å². The van der Waals surface area contributed by atoms with E-state index in [9.17, 15) is 9.59 Å². The van der Waals surface area contributed by atoms with Gasteiger partial charge in [0.15, 0.2) is 0 Å². The second kappa shape index (κ2) is 6.22. The van der Waals surface area contributed by atoms with Gasteiger partial charge in [0.05, 0.1) is 6.42 Å². The summed E-state index contributed by atoms with van der Waals surface area (Å²) < 4.78 is 0. The topological polar surface area (TPSA) is 79.3 Å². The predicted molar refractivity (Wildman–Crippen MR) is 77.1 cm³/mol. The first kappa shape index (κ1) is 16.4. The number of hydrogen-bond donors (Lipinski definition) is 2. The number of aliphatic carboxylic acids is 1. The molecule has 0 fully saturated rings. The predicted octanol–water partition coefficient (Wildman–Crippen LogP) is 2.63. The minimum Gasteiger partial charge on any atom is -0.481 e. The average molecular weight is 299 g/mol. The van der Waals surface area contributed by atoms with Crippen LogP contribution in [0.4, 0.5) is 0 Å². The van der Waals surface area contributed by atoms with Gasteiger partial charge in [0.1, 0.15) is 5.15 Å². The fourth-order valence-electron chi connectivity index (χ4n) is 1.63. The molecule has 1 heterocycles. The zero-order valence-corrected chi connectivity index (χ0v) is 12.8. The fraction of sp³-hybridized carbons (Fsp3) is 0.500. The van der Waals surface area contributed by atoms with Gasteiger partial charge in [-0.25, -0.2) is 4.98 Å². The van der Waals surface area contributed by atoms with E-state index in [0.717, 1.165) is 0 Å². The van der Waals surface area contributed by atoms with E-state index in [1.807, 2.05) is 20.8 Å². The quantitative estimate of drug-likeness (QED) is 0.838. The van der Waals surface area contributed by atoms with Crippen LogP contribution in [-0.4, -0.2) is 28.0 Å². The highest BCUT2D eigenvalue weighted by molar-refractivity contribution is 6.29. The maximum Gasteiger partial charge on any atom is 0.305 e. The summed E-state index contributed by atoms with van der Waals surface area (Å²) in [6.45, 7) is 7.56. The maximum atomic E-state index is 12.1. The Hall–Kier alpha value is -1.62. The number of halogens is 1. The first-order valence-electron chi connectivity index (χ1n) is 6.30. The number of nitrogens with one attached hydrogen (secondary N) is 1. The summed E-state index contributed by atoms with van der Waals surface area (Å²) in [7, 11) is 0. The molecule has 20 heavy (non-hydrogen) atoms. The Morgan fingerprint density at radius 1 is 1.40 bits per heavy atom. The molecule has 0 spiro atoms. The molecule has 0 saturated heterocycles. The minimum absolute atomic E-state index is 0.128. The van der Waals surface area contributed by atoms with Gasteiger partial charge >= 0.3 is 5.97 Å². The first-order chi connectivity index (χ1) is 9.09. The van der Waals surface area contributed by atoms with E-state index in [1.54, 1.807) is 13.0 Å². The number of nitrogens with zero attached hydrogens (tertiary/aromatic N) is 1. The second-order valence-corrected chi connectivity index (χ2v) is 6.17. The summed E-state index contributed by atoms with van der Waals surface area (Å²) in [6, 6.07) is 2.69. The van der Waals surface area contributed by atoms with Gasteiger partial charge in [0.2, 0.25) is 0 Å². The largest absolute Gasteiger partial charge is 0.481 e. The van der Waals surface area contributed by atoms with Crippen molar-refractivity contribution in [2.75, 3.05) is 0 Å². The van der Waals surface area contributed by atoms with Crippen molar-refractivity contribution in [3.05, 3.63) is 28.5 Å². The highest BCUT2D eigenvalue weighted by atomic mass is 35.5. The van der Waals surface area contributed by atoms with Crippen molar-refractivity contribution in [2.45, 2.75) is 45.6 Å². The number of carbonyl (C=O) groups excluding carboxylic acids is 1. The number of aromatic nitrogens is 1. The lowest BCUT2D eigenvalue weighted by Gasteiger charge is -2.19. The van der Waals surface area contributed by atoms with Crippen molar-refractivity contribution in [1.82, 2.24) is 10.3 Å². The van der Waals surface area contributed by atoms with Crippen LogP contribution in [0.25, 0.3) is 0 Å². The molecule has 6 heteroatoms. The summed E-state index contributed by atoms with van der Waals surface area (Å²) in [4.78, 5) is 26.9. The fourth-order valence-corrected chi connectivity index (χ4v) is 1.84. The lowest BCUT2D eigenvalue weighted by molar-refractivity contribution is -0.137. The number of carbonyl (C=O) groups is 2. The monoisotopic (exact) mass is 298 g/mol. The van der Waals surface area contributed by atoms with Gasteiger partial charge in [0, 0.05) is 22.7 Å². The zero-order chi connectivity index (χ0) is 15.5. The highest BCUT2D eigenvalue weighted by Crippen LogP contribution is 2.23. The smallest absolute Gasteiger partial charge is 0.305 e. The molecule has 0 aromatic carbocycles. The van der Waals surface area contributed by atoms with Crippen molar-refractivity contribution in [3.8, 4) is 0 Å². The Bertz CT molecular complexity index is 524. The van der Waals surface area contributed by atoms with Crippen LogP contribution in [0.15, 0.2) is 12.1 Å². The Morgan fingerprint density at radius 3 is 2.50 bits per heavy atom. The number of amides is 1. The molecule has 0 saturated carbocycles. The molecule has 0 aliphatic heterocycles. The number of pyridine rings is 1. The summed E-state index contributed by atoms with van der Waals surface area (Å²) in [5, 5.41) is 11.6. The molecule has 1 aromatic rings. The summed E-state index contributed by atoms with van der Waals surface area (Å²) in [5.74, 6) is -1.31. The average Bonchev–Trinajstić information content (AvgIpc) is 2.25. The van der Waals surface area contributed by atoms with Crippen molar-refractivity contribution < 1.29 is 14.7 Å². The lowest BCUT2D eigenvalue weighted by atomic mass is 9.91. The Kier molecular flexibility index (Phi) is 5.11. The molecule has 2 N–H and O–H groups in total. The third-order valence-electron chi connectivity index (χ3n) is 2.68. The SMILES string of the molecule is CC(CC(=O)O)NC(=O)c1cc(Cl)nc(C(C)(C)C)c1. The number of carboxylic acids is 1. The molecule has 0 aliphatic rings. The third-order valence-corrected chi connectivity index (χ3v) is 2.88. The Morgan fingerprint density at radius 2 is 2.00 bits per heavy atom. The molecule has 1 rings (SSSR count). The molecule has 1 amide bonds. The summed E-state index contributed by atoms with van der Waals surface area (Å²) in [5.41, 5.74) is 0.861. The van der Waals surface area contributed by atoms with Crippen molar-refractivity contribution in [1.29, 1.82) is 0 Å². The molecule has 0 radical (unpaired) electrons. The molecule has 0 bridgehead atoms. The number of hydrogen-bond acceptors (Lipinski definition) is 3. The molecule has 0 aliphatic carbocycles. The van der Waals surface area contributed by atoms with Crippen LogP contribution >= 0.6 is 11.6 Å². The van der Waals surface area contributed by atoms with Gasteiger partial charge in [-0.2, -0.15) is 0 Å². The van der Waals surface area contributed by atoms with Crippen LogP contribution in [0.5, 0.6) is 0 Å². The van der Waals surface area contributed by atoms with Gasteiger partial charge in [-0.1, -0.05) is 32.4 Å². The van der Waals surface area contributed by atoms with Crippen LogP contribution in [0.3, 0.4) is 0 Å². The molecule has 1 unspecified atom stereocenters. The second-order valence-electron chi connectivity index (χ2n) is 5.79. The standard InChI is InChI=1S/C14H19ClN2O3/c1-8(5-12(18)19)16-13(20)9-6-10(14(2,3)4)17-11(15)7-9/h6-8H,5H2,1-4H3,(H,16,20)(H,18,19). The molecule has 110 valence electrons. The summed E-state index contributed by atoms with van der Waals surface area (Å²) in [6.07, 6.45) is -0.128. The lowest BCUT2D eigenvalue weighted by Crippen LogP contribution is -2.34. The van der Waals surface area contributed by atoms with E-state index in [4.69, 9.17) is 16.7 Å². The molecule has 5 nitrogen and oxygen atoms in total. The number of rotatable bonds is 4. The van der Waals surface area contributed by atoms with Crippen molar-refractivity contribution in [3.63, 3.8) is 0 Å². The van der Waals surface area contributed by atoms with E-state index in [2.05, 4.69) is 10.3 Å². The van der Waals surface area contributed by atoms with Gasteiger partial charge in [-0.05, 0) is 19.1 Å². The molecule has 1 atom stereocenters. The van der Waals surface area contributed by atoms with Crippen LogP contribution in [0.1, 0.15) is 50.2 Å². The molecular formula is C14H19ClN2O3. The Balaban J connectivity index is 2.93. The van der Waals surface area contributed by atoms with Crippen molar-refractivity contribution >= 4 is 23.5 Å².